The Labute approximate surface area is 146 Å². The van der Waals surface area contributed by atoms with E-state index in [1.165, 1.54) is 16.7 Å². The van der Waals surface area contributed by atoms with Crippen molar-refractivity contribution < 1.29 is 4.79 Å². The first-order valence-electron chi connectivity index (χ1n) is 8.19. The lowest BCUT2D eigenvalue weighted by atomic mass is 10.1. The number of hydrogen-bond donors (Lipinski definition) is 0. The highest BCUT2D eigenvalue weighted by Gasteiger charge is 2.45. The number of carbonyl (C=O) groups excluding carboxylic acids is 1. The van der Waals surface area contributed by atoms with Crippen LogP contribution in [0.5, 0.6) is 0 Å². The lowest BCUT2D eigenvalue weighted by Crippen LogP contribution is -2.32. The highest BCUT2D eigenvalue weighted by atomic mass is 79.9. The minimum absolute atomic E-state index is 0.153. The van der Waals surface area contributed by atoms with Gasteiger partial charge in [-0.05, 0) is 55.0 Å². The van der Waals surface area contributed by atoms with Crippen molar-refractivity contribution in [3.05, 3.63) is 69.7 Å². The molecule has 0 N–H and O–H groups in total. The maximum Gasteiger partial charge on any atom is 0.226 e. The molecule has 23 heavy (non-hydrogen) atoms. The summed E-state index contributed by atoms with van der Waals surface area (Å²) in [4.78, 5) is 14.8. The quantitative estimate of drug-likeness (QED) is 0.730. The Morgan fingerprint density at radius 1 is 1.17 bits per heavy atom. The average molecular weight is 372 g/mol. The van der Waals surface area contributed by atoms with Crippen LogP contribution in [-0.4, -0.2) is 17.4 Å². The Bertz CT molecular complexity index is 695. The predicted octanol–water partition coefficient (Wildman–Crippen LogP) is 4.91. The SMILES string of the molecule is CCN(Cc1ccccc1C)C(=O)C1CC1c1ccc(Br)cc1. The van der Waals surface area contributed by atoms with Crippen molar-refractivity contribution in [2.45, 2.75) is 32.7 Å². The Hall–Kier alpha value is -1.61. The van der Waals surface area contributed by atoms with E-state index in [1.807, 2.05) is 17.0 Å². The van der Waals surface area contributed by atoms with Gasteiger partial charge in [0.25, 0.3) is 0 Å². The minimum atomic E-state index is 0.153. The molecule has 0 bridgehead atoms. The van der Waals surface area contributed by atoms with Gasteiger partial charge in [-0.15, -0.1) is 0 Å². The first kappa shape index (κ1) is 16.3. The molecular formula is C20H22BrNO. The summed E-state index contributed by atoms with van der Waals surface area (Å²) in [6.45, 7) is 5.64. The van der Waals surface area contributed by atoms with E-state index in [2.05, 4.69) is 66.2 Å². The van der Waals surface area contributed by atoms with E-state index in [0.717, 1.165) is 17.4 Å². The van der Waals surface area contributed by atoms with Crippen LogP contribution in [0.2, 0.25) is 0 Å². The van der Waals surface area contributed by atoms with Gasteiger partial charge in [-0.1, -0.05) is 52.3 Å². The number of aryl methyl sites for hydroxylation is 1. The molecule has 2 aromatic rings. The van der Waals surface area contributed by atoms with E-state index >= 15 is 0 Å². The lowest BCUT2D eigenvalue weighted by molar-refractivity contribution is -0.133. The molecular weight excluding hydrogens is 350 g/mol. The molecule has 120 valence electrons. The molecule has 1 amide bonds. The number of hydrogen-bond acceptors (Lipinski definition) is 1. The molecule has 2 unspecified atom stereocenters. The van der Waals surface area contributed by atoms with Crippen molar-refractivity contribution in [2.75, 3.05) is 6.54 Å². The summed E-state index contributed by atoms with van der Waals surface area (Å²) in [5.41, 5.74) is 3.76. The fourth-order valence-electron chi connectivity index (χ4n) is 3.12. The molecule has 0 saturated heterocycles. The number of halogens is 1. The van der Waals surface area contributed by atoms with Gasteiger partial charge in [0, 0.05) is 23.5 Å². The van der Waals surface area contributed by atoms with Crippen LogP contribution in [0.25, 0.3) is 0 Å². The van der Waals surface area contributed by atoms with Crippen LogP contribution in [0.4, 0.5) is 0 Å². The van der Waals surface area contributed by atoms with Crippen molar-refractivity contribution in [3.63, 3.8) is 0 Å². The molecule has 0 aromatic heterocycles. The van der Waals surface area contributed by atoms with Crippen LogP contribution >= 0.6 is 15.9 Å². The van der Waals surface area contributed by atoms with Gasteiger partial charge in [-0.25, -0.2) is 0 Å². The third-order valence-electron chi connectivity index (χ3n) is 4.72. The molecule has 0 aliphatic heterocycles. The number of amides is 1. The van der Waals surface area contributed by atoms with E-state index in [1.54, 1.807) is 0 Å². The predicted molar refractivity (Wildman–Crippen MR) is 97.3 cm³/mol. The molecule has 0 radical (unpaired) electrons. The third kappa shape index (κ3) is 3.66. The average Bonchev–Trinajstić information content (AvgIpc) is 3.35. The molecule has 2 nitrogen and oxygen atoms in total. The van der Waals surface area contributed by atoms with E-state index in [-0.39, 0.29) is 5.92 Å². The van der Waals surface area contributed by atoms with E-state index in [4.69, 9.17) is 0 Å². The maximum atomic E-state index is 12.8. The second kappa shape index (κ2) is 6.88. The van der Waals surface area contributed by atoms with Crippen molar-refractivity contribution in [2.24, 2.45) is 5.92 Å². The summed E-state index contributed by atoms with van der Waals surface area (Å²) in [5, 5.41) is 0. The van der Waals surface area contributed by atoms with Crippen molar-refractivity contribution >= 4 is 21.8 Å². The van der Waals surface area contributed by atoms with Gasteiger partial charge in [-0.3, -0.25) is 4.79 Å². The Kier molecular flexibility index (Phi) is 4.86. The van der Waals surface area contributed by atoms with Gasteiger partial charge in [0.1, 0.15) is 0 Å². The van der Waals surface area contributed by atoms with Crippen LogP contribution < -0.4 is 0 Å². The van der Waals surface area contributed by atoms with Crippen LogP contribution in [0.1, 0.15) is 36.0 Å². The first-order chi connectivity index (χ1) is 11.1. The summed E-state index contributed by atoms with van der Waals surface area (Å²) in [6.07, 6.45) is 0.977. The zero-order chi connectivity index (χ0) is 16.4. The van der Waals surface area contributed by atoms with Gasteiger partial charge in [0.05, 0.1) is 0 Å². The van der Waals surface area contributed by atoms with E-state index in [9.17, 15) is 4.79 Å². The highest BCUT2D eigenvalue weighted by molar-refractivity contribution is 9.10. The normalized spacial score (nSPS) is 19.4. The smallest absolute Gasteiger partial charge is 0.226 e. The first-order valence-corrected chi connectivity index (χ1v) is 8.98. The van der Waals surface area contributed by atoms with Crippen LogP contribution in [0.3, 0.4) is 0 Å². The third-order valence-corrected chi connectivity index (χ3v) is 5.25. The molecule has 3 heteroatoms. The van der Waals surface area contributed by atoms with Crippen LogP contribution in [-0.2, 0) is 11.3 Å². The Balaban J connectivity index is 1.67. The van der Waals surface area contributed by atoms with Gasteiger partial charge < -0.3 is 4.90 Å². The fraction of sp³-hybridized carbons (Fsp3) is 0.350. The number of carbonyl (C=O) groups is 1. The molecule has 1 fully saturated rings. The zero-order valence-corrected chi connectivity index (χ0v) is 15.2. The topological polar surface area (TPSA) is 20.3 Å². The number of benzene rings is 2. The molecule has 3 rings (SSSR count). The van der Waals surface area contributed by atoms with Gasteiger partial charge in [0.2, 0.25) is 5.91 Å². The summed E-state index contributed by atoms with van der Waals surface area (Å²) in [5.74, 6) is 0.838. The monoisotopic (exact) mass is 371 g/mol. The summed E-state index contributed by atoms with van der Waals surface area (Å²) < 4.78 is 1.08. The Morgan fingerprint density at radius 3 is 2.52 bits per heavy atom. The second-order valence-electron chi connectivity index (χ2n) is 6.28. The molecule has 0 spiro atoms. The standard InChI is InChI=1S/C20H22BrNO/c1-3-22(13-16-7-5-4-6-14(16)2)20(23)19-12-18(19)15-8-10-17(21)11-9-15/h4-11,18-19H,3,12-13H2,1-2H3. The van der Waals surface area contributed by atoms with Gasteiger partial charge >= 0.3 is 0 Å². The van der Waals surface area contributed by atoms with Gasteiger partial charge in [0.15, 0.2) is 0 Å². The molecule has 0 heterocycles. The largest absolute Gasteiger partial charge is 0.338 e. The van der Waals surface area contributed by atoms with Crippen LogP contribution in [0, 0.1) is 12.8 Å². The molecule has 1 aliphatic carbocycles. The van der Waals surface area contributed by atoms with E-state index < -0.39 is 0 Å². The lowest BCUT2D eigenvalue weighted by Gasteiger charge is -2.22. The van der Waals surface area contributed by atoms with Crippen LogP contribution in [0.15, 0.2) is 53.0 Å². The number of nitrogens with zero attached hydrogens (tertiary/aromatic N) is 1. The molecule has 2 atom stereocenters. The van der Waals surface area contributed by atoms with Crippen molar-refractivity contribution in [3.8, 4) is 0 Å². The van der Waals surface area contributed by atoms with Crippen molar-refractivity contribution in [1.29, 1.82) is 0 Å². The Morgan fingerprint density at radius 2 is 1.87 bits per heavy atom. The molecule has 1 saturated carbocycles. The van der Waals surface area contributed by atoms with Gasteiger partial charge in [-0.2, -0.15) is 0 Å². The second-order valence-corrected chi connectivity index (χ2v) is 7.19. The number of rotatable bonds is 5. The zero-order valence-electron chi connectivity index (χ0n) is 13.6. The summed E-state index contributed by atoms with van der Waals surface area (Å²) in [7, 11) is 0. The van der Waals surface area contributed by atoms with E-state index in [0.29, 0.717) is 18.4 Å². The summed E-state index contributed by atoms with van der Waals surface area (Å²) in [6, 6.07) is 16.7. The summed E-state index contributed by atoms with van der Waals surface area (Å²) >= 11 is 3.46. The molecule has 1 aliphatic rings. The minimum Gasteiger partial charge on any atom is -0.338 e. The molecule has 2 aromatic carbocycles. The fourth-order valence-corrected chi connectivity index (χ4v) is 3.38. The van der Waals surface area contributed by atoms with Crippen molar-refractivity contribution in [1.82, 2.24) is 4.90 Å². The highest BCUT2D eigenvalue weighted by Crippen LogP contribution is 2.48. The maximum absolute atomic E-state index is 12.8.